The maximum Gasteiger partial charge on any atom is 0.245 e. The molecule has 0 radical (unpaired) electrons. The van der Waals surface area contributed by atoms with Gasteiger partial charge in [0.2, 0.25) is 10.0 Å². The molecule has 19 heavy (non-hydrogen) atoms. The van der Waals surface area contributed by atoms with Gasteiger partial charge in [-0.15, -0.1) is 0 Å². The van der Waals surface area contributed by atoms with Gasteiger partial charge in [0, 0.05) is 43.0 Å². The van der Waals surface area contributed by atoms with E-state index in [-0.39, 0.29) is 23.8 Å². The van der Waals surface area contributed by atoms with Crippen LogP contribution in [0.3, 0.4) is 0 Å². The summed E-state index contributed by atoms with van der Waals surface area (Å²) in [5, 5.41) is 0.694. The van der Waals surface area contributed by atoms with Crippen LogP contribution in [-0.4, -0.2) is 36.6 Å². The Morgan fingerprint density at radius 1 is 1.11 bits per heavy atom. The number of nitrogens with one attached hydrogen (secondary N) is 1. The minimum absolute atomic E-state index is 0.130. The second kappa shape index (κ2) is 4.47. The third-order valence-corrected chi connectivity index (χ3v) is 5.39. The number of benzene rings is 1. The third-order valence-electron chi connectivity index (χ3n) is 3.45. The van der Waals surface area contributed by atoms with Crippen molar-refractivity contribution in [3.05, 3.63) is 30.5 Å². The lowest BCUT2D eigenvalue weighted by Crippen LogP contribution is -2.38. The summed E-state index contributed by atoms with van der Waals surface area (Å²) >= 11 is 0. The van der Waals surface area contributed by atoms with Crippen molar-refractivity contribution in [2.45, 2.75) is 17.7 Å². The number of rotatable bonds is 2. The summed E-state index contributed by atoms with van der Waals surface area (Å²) in [6.07, 6.45) is 2.14. The number of hydrogen-bond acceptors (Lipinski definition) is 3. The summed E-state index contributed by atoms with van der Waals surface area (Å²) in [5.41, 5.74) is 0.800. The molecule has 0 aliphatic carbocycles. The molecule has 1 aliphatic heterocycles. The molecule has 0 atom stereocenters. The second-order valence-electron chi connectivity index (χ2n) is 4.64. The highest BCUT2D eigenvalue weighted by atomic mass is 32.2. The molecule has 6 heteroatoms. The summed E-state index contributed by atoms with van der Waals surface area (Å²) in [6.45, 7) is 0.557. The van der Waals surface area contributed by atoms with E-state index in [9.17, 15) is 13.2 Å². The van der Waals surface area contributed by atoms with Gasteiger partial charge >= 0.3 is 0 Å². The van der Waals surface area contributed by atoms with Gasteiger partial charge in [0.1, 0.15) is 10.7 Å². The molecule has 2 aromatic rings. The Bertz CT molecular complexity index is 723. The first-order valence-corrected chi connectivity index (χ1v) is 7.61. The summed E-state index contributed by atoms with van der Waals surface area (Å²) in [6, 6.07) is 7.30. The summed E-state index contributed by atoms with van der Waals surface area (Å²) in [5.74, 6) is 0.130. The van der Waals surface area contributed by atoms with Crippen LogP contribution in [0.5, 0.6) is 0 Å². The lowest BCUT2D eigenvalue weighted by molar-refractivity contribution is -0.120. The number of carbonyl (C=O) groups is 1. The molecule has 0 amide bonds. The zero-order valence-electron chi connectivity index (χ0n) is 10.3. The number of aromatic amines is 1. The lowest BCUT2D eigenvalue weighted by atomic mass is 10.1. The van der Waals surface area contributed by atoms with Crippen LogP contribution in [0.2, 0.25) is 0 Å². The van der Waals surface area contributed by atoms with Crippen LogP contribution < -0.4 is 0 Å². The van der Waals surface area contributed by atoms with Crippen LogP contribution >= 0.6 is 0 Å². The Morgan fingerprint density at radius 3 is 2.53 bits per heavy atom. The number of nitrogens with zero attached hydrogens (tertiary/aromatic N) is 1. The van der Waals surface area contributed by atoms with Crippen LogP contribution in [0, 0.1) is 0 Å². The molecule has 1 aromatic carbocycles. The molecule has 1 aliphatic rings. The first kappa shape index (κ1) is 12.4. The number of aromatic nitrogens is 1. The van der Waals surface area contributed by atoms with Gasteiger partial charge < -0.3 is 4.98 Å². The second-order valence-corrected chi connectivity index (χ2v) is 6.55. The van der Waals surface area contributed by atoms with Crippen LogP contribution in [0.25, 0.3) is 10.9 Å². The van der Waals surface area contributed by atoms with Crippen molar-refractivity contribution in [3.63, 3.8) is 0 Å². The first-order valence-electron chi connectivity index (χ1n) is 6.17. The molecule has 2 heterocycles. The fraction of sp³-hybridized carbons (Fsp3) is 0.308. The van der Waals surface area contributed by atoms with Crippen LogP contribution in [0.1, 0.15) is 12.8 Å². The van der Waals surface area contributed by atoms with Gasteiger partial charge in [-0.05, 0) is 6.07 Å². The normalized spacial score (nSPS) is 18.0. The fourth-order valence-electron chi connectivity index (χ4n) is 2.37. The van der Waals surface area contributed by atoms with Gasteiger partial charge in [-0.3, -0.25) is 4.79 Å². The topological polar surface area (TPSA) is 70.2 Å². The Kier molecular flexibility index (Phi) is 2.91. The number of hydrogen-bond donors (Lipinski definition) is 1. The molecule has 1 saturated heterocycles. The average Bonchev–Trinajstić information content (AvgIpc) is 2.83. The van der Waals surface area contributed by atoms with Gasteiger partial charge in [0.15, 0.2) is 0 Å². The van der Waals surface area contributed by atoms with Gasteiger partial charge in [-0.25, -0.2) is 8.42 Å². The quantitative estimate of drug-likeness (QED) is 0.905. The molecule has 0 spiro atoms. The van der Waals surface area contributed by atoms with Crippen LogP contribution in [-0.2, 0) is 14.8 Å². The molecule has 1 fully saturated rings. The van der Waals surface area contributed by atoms with E-state index in [0.717, 1.165) is 5.52 Å². The predicted octanol–water partition coefficient (Wildman–Crippen LogP) is 1.52. The van der Waals surface area contributed by atoms with Crippen molar-refractivity contribution < 1.29 is 13.2 Å². The molecule has 0 saturated carbocycles. The summed E-state index contributed by atoms with van der Waals surface area (Å²) < 4.78 is 26.5. The van der Waals surface area contributed by atoms with Crippen LogP contribution in [0.15, 0.2) is 35.4 Å². The molecule has 3 rings (SSSR count). The minimum atomic E-state index is -3.52. The lowest BCUT2D eigenvalue weighted by Gasteiger charge is -2.24. The van der Waals surface area contributed by atoms with E-state index < -0.39 is 10.0 Å². The SMILES string of the molecule is O=C1CCN(S(=O)(=O)c2c[nH]c3ccccc23)CC1. The third kappa shape index (κ3) is 2.06. The summed E-state index contributed by atoms with van der Waals surface area (Å²) in [7, 11) is -3.52. The standard InChI is InChI=1S/C13H14N2O3S/c16-10-5-7-15(8-6-10)19(17,18)13-9-14-12-4-2-1-3-11(12)13/h1-4,9,14H,5-8H2. The smallest absolute Gasteiger partial charge is 0.245 e. The van der Waals surface area contributed by atoms with E-state index in [4.69, 9.17) is 0 Å². The molecular weight excluding hydrogens is 264 g/mol. The number of ketones is 1. The molecule has 100 valence electrons. The minimum Gasteiger partial charge on any atom is -0.360 e. The Hall–Kier alpha value is -1.66. The Balaban J connectivity index is 2.02. The van der Waals surface area contributed by atoms with E-state index >= 15 is 0 Å². The zero-order valence-corrected chi connectivity index (χ0v) is 11.1. The maximum atomic E-state index is 12.6. The number of fused-ring (bicyclic) bond motifs is 1. The van der Waals surface area contributed by atoms with Crippen molar-refractivity contribution in [1.82, 2.24) is 9.29 Å². The predicted molar refractivity (Wildman–Crippen MR) is 71.3 cm³/mol. The Labute approximate surface area is 111 Å². The van der Waals surface area contributed by atoms with Gasteiger partial charge in [-0.2, -0.15) is 4.31 Å². The van der Waals surface area contributed by atoms with Crippen molar-refractivity contribution in [3.8, 4) is 0 Å². The van der Waals surface area contributed by atoms with Crippen molar-refractivity contribution in [2.24, 2.45) is 0 Å². The first-order chi connectivity index (χ1) is 9.09. The molecule has 0 bridgehead atoms. The van der Waals surface area contributed by atoms with E-state index in [2.05, 4.69) is 4.98 Å². The fourth-order valence-corrected chi connectivity index (χ4v) is 3.98. The molecule has 1 aromatic heterocycles. The van der Waals surface area contributed by atoms with E-state index in [0.29, 0.717) is 18.2 Å². The highest BCUT2D eigenvalue weighted by molar-refractivity contribution is 7.89. The number of para-hydroxylation sites is 1. The number of H-pyrrole nitrogens is 1. The highest BCUT2D eigenvalue weighted by Gasteiger charge is 2.30. The van der Waals surface area contributed by atoms with Gasteiger partial charge in [-0.1, -0.05) is 18.2 Å². The highest BCUT2D eigenvalue weighted by Crippen LogP contribution is 2.26. The van der Waals surface area contributed by atoms with E-state index in [1.54, 1.807) is 6.07 Å². The number of Topliss-reactive ketones (excluding diaryl/α,β-unsaturated/α-hetero) is 1. The van der Waals surface area contributed by atoms with Crippen molar-refractivity contribution >= 4 is 26.7 Å². The molecule has 0 unspecified atom stereocenters. The molecule has 1 N–H and O–H groups in total. The monoisotopic (exact) mass is 278 g/mol. The van der Waals surface area contributed by atoms with Crippen LogP contribution in [0.4, 0.5) is 0 Å². The number of sulfonamides is 1. The average molecular weight is 278 g/mol. The molecular formula is C13H14N2O3S. The van der Waals surface area contributed by atoms with E-state index in [1.807, 2.05) is 18.2 Å². The zero-order chi connectivity index (χ0) is 13.5. The Morgan fingerprint density at radius 2 is 1.79 bits per heavy atom. The van der Waals surface area contributed by atoms with E-state index in [1.165, 1.54) is 10.5 Å². The largest absolute Gasteiger partial charge is 0.360 e. The van der Waals surface area contributed by atoms with Gasteiger partial charge in [0.25, 0.3) is 0 Å². The van der Waals surface area contributed by atoms with Gasteiger partial charge in [0.05, 0.1) is 0 Å². The maximum absolute atomic E-state index is 12.6. The molecule has 5 nitrogen and oxygen atoms in total. The number of piperidine rings is 1. The van der Waals surface area contributed by atoms with Crippen molar-refractivity contribution in [1.29, 1.82) is 0 Å². The number of carbonyl (C=O) groups excluding carboxylic acids is 1. The van der Waals surface area contributed by atoms with Crippen molar-refractivity contribution in [2.75, 3.05) is 13.1 Å². The summed E-state index contributed by atoms with van der Waals surface area (Å²) in [4.78, 5) is 14.5.